The Kier molecular flexibility index (Phi) is 7.15. The van der Waals surface area contributed by atoms with Gasteiger partial charge in [0.25, 0.3) is 5.91 Å². The Morgan fingerprint density at radius 3 is 2.63 bits per heavy atom. The molecule has 0 saturated heterocycles. The van der Waals surface area contributed by atoms with E-state index in [9.17, 15) is 4.79 Å². The fourth-order valence-corrected chi connectivity index (χ4v) is 1.87. The molecule has 2 N–H and O–H groups in total. The average Bonchev–Trinajstić information content (AvgIpc) is 2.85. The van der Waals surface area contributed by atoms with E-state index >= 15 is 0 Å². The van der Waals surface area contributed by atoms with Crippen LogP contribution in [-0.2, 0) is 6.42 Å². The molecule has 0 atom stereocenters. The molecule has 0 radical (unpaired) electrons. The summed E-state index contributed by atoms with van der Waals surface area (Å²) >= 11 is 0. The SMILES string of the molecule is CCc1nc(C(=O)NCCCCCCC(C)C)n[nH]1. The zero-order chi connectivity index (χ0) is 14.1. The number of H-pyrrole nitrogens is 1. The van der Waals surface area contributed by atoms with Gasteiger partial charge in [-0.05, 0) is 12.3 Å². The van der Waals surface area contributed by atoms with E-state index in [2.05, 4.69) is 34.3 Å². The summed E-state index contributed by atoms with van der Waals surface area (Å²) in [5.74, 6) is 1.60. The fraction of sp³-hybridized carbons (Fsp3) is 0.786. The second-order valence-electron chi connectivity index (χ2n) is 5.31. The standard InChI is InChI=1S/C14H26N4O/c1-4-12-16-13(18-17-12)14(19)15-10-8-6-5-7-9-11(2)3/h11H,4-10H2,1-3H3,(H,15,19)(H,16,17,18). The number of carbonyl (C=O) groups is 1. The van der Waals surface area contributed by atoms with E-state index in [-0.39, 0.29) is 11.7 Å². The highest BCUT2D eigenvalue weighted by Crippen LogP contribution is 2.08. The highest BCUT2D eigenvalue weighted by atomic mass is 16.2. The first-order valence-electron chi connectivity index (χ1n) is 7.33. The van der Waals surface area contributed by atoms with Crippen molar-refractivity contribution in [3.8, 4) is 0 Å². The van der Waals surface area contributed by atoms with Crippen LogP contribution in [0.3, 0.4) is 0 Å². The molecule has 5 nitrogen and oxygen atoms in total. The number of amides is 1. The molecule has 0 spiro atoms. The van der Waals surface area contributed by atoms with Crippen molar-refractivity contribution in [2.75, 3.05) is 6.54 Å². The minimum absolute atomic E-state index is 0.182. The van der Waals surface area contributed by atoms with Gasteiger partial charge < -0.3 is 5.32 Å². The van der Waals surface area contributed by atoms with E-state index in [1.807, 2.05) is 6.92 Å². The van der Waals surface area contributed by atoms with Crippen molar-refractivity contribution in [1.82, 2.24) is 20.5 Å². The van der Waals surface area contributed by atoms with Crippen molar-refractivity contribution in [3.05, 3.63) is 11.6 Å². The first kappa shape index (κ1) is 15.7. The molecule has 1 aromatic heterocycles. The minimum Gasteiger partial charge on any atom is -0.349 e. The van der Waals surface area contributed by atoms with E-state index in [4.69, 9.17) is 0 Å². The third-order valence-electron chi connectivity index (χ3n) is 3.06. The van der Waals surface area contributed by atoms with Crippen LogP contribution in [0.4, 0.5) is 0 Å². The molecule has 0 bridgehead atoms. The number of hydrogen-bond acceptors (Lipinski definition) is 3. The molecule has 0 aliphatic heterocycles. The van der Waals surface area contributed by atoms with Gasteiger partial charge in [-0.3, -0.25) is 9.89 Å². The van der Waals surface area contributed by atoms with E-state index in [0.717, 1.165) is 24.6 Å². The van der Waals surface area contributed by atoms with Gasteiger partial charge in [0, 0.05) is 13.0 Å². The predicted molar refractivity (Wildman–Crippen MR) is 76.0 cm³/mol. The number of unbranched alkanes of at least 4 members (excludes halogenated alkanes) is 3. The smallest absolute Gasteiger partial charge is 0.290 e. The molecule has 0 saturated carbocycles. The molecule has 0 aliphatic carbocycles. The van der Waals surface area contributed by atoms with Gasteiger partial charge in [0.15, 0.2) is 0 Å². The van der Waals surface area contributed by atoms with Gasteiger partial charge in [0.1, 0.15) is 5.82 Å². The van der Waals surface area contributed by atoms with Gasteiger partial charge in [-0.2, -0.15) is 0 Å². The van der Waals surface area contributed by atoms with Gasteiger partial charge in [-0.1, -0.05) is 46.5 Å². The van der Waals surface area contributed by atoms with Crippen LogP contribution in [0.25, 0.3) is 0 Å². The van der Waals surface area contributed by atoms with Crippen LogP contribution < -0.4 is 5.32 Å². The summed E-state index contributed by atoms with van der Waals surface area (Å²) in [6.07, 6.45) is 6.77. The first-order chi connectivity index (χ1) is 9.13. The van der Waals surface area contributed by atoms with Crippen LogP contribution in [0, 0.1) is 5.92 Å². The maximum absolute atomic E-state index is 11.7. The summed E-state index contributed by atoms with van der Waals surface area (Å²) < 4.78 is 0. The largest absolute Gasteiger partial charge is 0.349 e. The molecule has 1 amide bonds. The monoisotopic (exact) mass is 266 g/mol. The summed E-state index contributed by atoms with van der Waals surface area (Å²) in [5.41, 5.74) is 0. The Hall–Kier alpha value is -1.39. The minimum atomic E-state index is -0.182. The molecular weight excluding hydrogens is 240 g/mol. The normalized spacial score (nSPS) is 10.9. The Balaban J connectivity index is 2.07. The first-order valence-corrected chi connectivity index (χ1v) is 7.33. The molecule has 0 fully saturated rings. The number of hydrogen-bond donors (Lipinski definition) is 2. The molecule has 1 rings (SSSR count). The second-order valence-corrected chi connectivity index (χ2v) is 5.31. The number of aromatic nitrogens is 3. The van der Waals surface area contributed by atoms with Gasteiger partial charge in [0.2, 0.25) is 5.82 Å². The molecule has 5 heteroatoms. The zero-order valence-corrected chi connectivity index (χ0v) is 12.3. The molecule has 0 unspecified atom stereocenters. The number of aryl methyl sites for hydroxylation is 1. The maximum Gasteiger partial charge on any atom is 0.290 e. The summed E-state index contributed by atoms with van der Waals surface area (Å²) in [7, 11) is 0. The van der Waals surface area contributed by atoms with Crippen LogP contribution in [-0.4, -0.2) is 27.6 Å². The van der Waals surface area contributed by atoms with E-state index in [0.29, 0.717) is 6.54 Å². The lowest BCUT2D eigenvalue weighted by atomic mass is 10.0. The van der Waals surface area contributed by atoms with E-state index in [1.54, 1.807) is 0 Å². The Bertz CT molecular complexity index is 373. The quantitative estimate of drug-likeness (QED) is 0.675. The van der Waals surface area contributed by atoms with Crippen LogP contribution >= 0.6 is 0 Å². The van der Waals surface area contributed by atoms with Gasteiger partial charge in [0.05, 0.1) is 0 Å². The Morgan fingerprint density at radius 2 is 2.00 bits per heavy atom. The highest BCUT2D eigenvalue weighted by Gasteiger charge is 2.10. The van der Waals surface area contributed by atoms with E-state index in [1.165, 1.54) is 25.7 Å². The van der Waals surface area contributed by atoms with Gasteiger partial charge in [-0.15, -0.1) is 5.10 Å². The molecule has 1 heterocycles. The summed E-state index contributed by atoms with van der Waals surface area (Å²) in [5, 5.41) is 9.48. The topological polar surface area (TPSA) is 70.7 Å². The van der Waals surface area contributed by atoms with Crippen LogP contribution in [0.15, 0.2) is 0 Å². The van der Waals surface area contributed by atoms with Crippen molar-refractivity contribution >= 4 is 5.91 Å². The molecule has 108 valence electrons. The van der Waals surface area contributed by atoms with Gasteiger partial charge in [-0.25, -0.2) is 4.98 Å². The third-order valence-corrected chi connectivity index (χ3v) is 3.06. The zero-order valence-electron chi connectivity index (χ0n) is 12.3. The number of carbonyl (C=O) groups excluding carboxylic acids is 1. The molecule has 0 aliphatic rings. The average molecular weight is 266 g/mol. The number of rotatable bonds is 9. The molecule has 1 aromatic rings. The number of aromatic amines is 1. The lowest BCUT2D eigenvalue weighted by molar-refractivity contribution is 0.0943. The third kappa shape index (κ3) is 6.36. The van der Waals surface area contributed by atoms with Crippen molar-refractivity contribution in [3.63, 3.8) is 0 Å². The van der Waals surface area contributed by atoms with Crippen LogP contribution in [0.2, 0.25) is 0 Å². The highest BCUT2D eigenvalue weighted by molar-refractivity contribution is 5.90. The molecule has 0 aromatic carbocycles. The van der Waals surface area contributed by atoms with Crippen molar-refractivity contribution < 1.29 is 4.79 Å². The summed E-state index contributed by atoms with van der Waals surface area (Å²) in [4.78, 5) is 15.8. The Labute approximate surface area is 115 Å². The molecule has 19 heavy (non-hydrogen) atoms. The maximum atomic E-state index is 11.7. The number of nitrogens with one attached hydrogen (secondary N) is 2. The molecular formula is C14H26N4O. The second kappa shape index (κ2) is 8.67. The van der Waals surface area contributed by atoms with Crippen molar-refractivity contribution in [2.24, 2.45) is 5.92 Å². The number of nitrogens with zero attached hydrogens (tertiary/aromatic N) is 2. The predicted octanol–water partition coefficient (Wildman–Crippen LogP) is 2.70. The van der Waals surface area contributed by atoms with Crippen LogP contribution in [0.1, 0.15) is 69.3 Å². The van der Waals surface area contributed by atoms with Crippen LogP contribution in [0.5, 0.6) is 0 Å². The fourth-order valence-electron chi connectivity index (χ4n) is 1.87. The van der Waals surface area contributed by atoms with Crippen molar-refractivity contribution in [1.29, 1.82) is 0 Å². The Morgan fingerprint density at radius 1 is 1.26 bits per heavy atom. The van der Waals surface area contributed by atoms with Gasteiger partial charge >= 0.3 is 0 Å². The lowest BCUT2D eigenvalue weighted by Gasteiger charge is -2.05. The summed E-state index contributed by atoms with van der Waals surface area (Å²) in [6.45, 7) is 7.18. The lowest BCUT2D eigenvalue weighted by Crippen LogP contribution is -2.25. The van der Waals surface area contributed by atoms with Crippen molar-refractivity contribution in [2.45, 2.75) is 59.3 Å². The summed E-state index contributed by atoms with van der Waals surface area (Å²) in [6, 6.07) is 0. The van der Waals surface area contributed by atoms with E-state index < -0.39 is 0 Å².